The van der Waals surface area contributed by atoms with Crippen molar-refractivity contribution in [2.45, 2.75) is 20.0 Å². The molecule has 3 nitrogen and oxygen atoms in total. The lowest BCUT2D eigenvalue weighted by Crippen LogP contribution is -2.03. The van der Waals surface area contributed by atoms with Gasteiger partial charge in [-0.25, -0.2) is 4.39 Å². The zero-order valence-electron chi connectivity index (χ0n) is 9.67. The van der Waals surface area contributed by atoms with Crippen molar-refractivity contribution in [3.63, 3.8) is 0 Å². The number of benzene rings is 1. The molecule has 0 atom stereocenters. The van der Waals surface area contributed by atoms with Crippen LogP contribution in [0.1, 0.15) is 18.1 Å². The monoisotopic (exact) mass is 226 g/mol. The van der Waals surface area contributed by atoms with E-state index in [1.165, 1.54) is 27.2 Å². The second kappa shape index (κ2) is 5.61. The van der Waals surface area contributed by atoms with Crippen LogP contribution in [0.4, 0.5) is 4.39 Å². The first kappa shape index (κ1) is 12.6. The SMILES string of the molecule is COCc1cc(F)c(OC)c(CC(C)=O)c1. The largest absolute Gasteiger partial charge is 0.493 e. The van der Waals surface area contributed by atoms with E-state index in [1.54, 1.807) is 6.07 Å². The molecular weight excluding hydrogens is 211 g/mol. The van der Waals surface area contributed by atoms with Gasteiger partial charge >= 0.3 is 0 Å². The molecule has 0 unspecified atom stereocenters. The van der Waals surface area contributed by atoms with Crippen molar-refractivity contribution in [3.8, 4) is 5.75 Å². The summed E-state index contributed by atoms with van der Waals surface area (Å²) in [6, 6.07) is 3.08. The smallest absolute Gasteiger partial charge is 0.165 e. The molecule has 0 aliphatic rings. The Morgan fingerprint density at radius 2 is 2.06 bits per heavy atom. The van der Waals surface area contributed by atoms with Crippen molar-refractivity contribution in [1.82, 2.24) is 0 Å². The molecule has 0 saturated carbocycles. The van der Waals surface area contributed by atoms with Gasteiger partial charge in [0.25, 0.3) is 0 Å². The Morgan fingerprint density at radius 1 is 1.38 bits per heavy atom. The second-order valence-corrected chi connectivity index (χ2v) is 3.58. The maximum Gasteiger partial charge on any atom is 0.165 e. The highest BCUT2D eigenvalue weighted by molar-refractivity contribution is 5.79. The Kier molecular flexibility index (Phi) is 4.43. The lowest BCUT2D eigenvalue weighted by molar-refractivity contribution is -0.116. The molecule has 0 amide bonds. The highest BCUT2D eigenvalue weighted by Crippen LogP contribution is 2.25. The normalized spacial score (nSPS) is 10.2. The lowest BCUT2D eigenvalue weighted by atomic mass is 10.0. The van der Waals surface area contributed by atoms with E-state index in [4.69, 9.17) is 9.47 Å². The van der Waals surface area contributed by atoms with E-state index < -0.39 is 5.82 Å². The number of carbonyl (C=O) groups excluding carboxylic acids is 1. The van der Waals surface area contributed by atoms with Gasteiger partial charge in [0, 0.05) is 19.1 Å². The first-order chi connectivity index (χ1) is 7.58. The van der Waals surface area contributed by atoms with Crippen molar-refractivity contribution in [1.29, 1.82) is 0 Å². The third-order valence-corrected chi connectivity index (χ3v) is 2.13. The first-order valence-electron chi connectivity index (χ1n) is 4.92. The van der Waals surface area contributed by atoms with Crippen molar-refractivity contribution < 1.29 is 18.7 Å². The summed E-state index contributed by atoms with van der Waals surface area (Å²) in [4.78, 5) is 11.1. The molecular formula is C12H15FO3. The standard InChI is InChI=1S/C12H15FO3/c1-8(14)4-10-5-9(7-15-2)6-11(13)12(10)16-3/h5-6H,4,7H2,1-3H3. The van der Waals surface area contributed by atoms with E-state index >= 15 is 0 Å². The maximum atomic E-state index is 13.6. The van der Waals surface area contributed by atoms with Gasteiger partial charge in [-0.05, 0) is 24.6 Å². The van der Waals surface area contributed by atoms with Gasteiger partial charge in [0.15, 0.2) is 11.6 Å². The number of rotatable bonds is 5. The molecule has 0 fully saturated rings. The molecule has 0 saturated heterocycles. The Balaban J connectivity index is 3.13. The van der Waals surface area contributed by atoms with Gasteiger partial charge in [-0.15, -0.1) is 0 Å². The molecule has 1 rings (SSSR count). The zero-order chi connectivity index (χ0) is 12.1. The second-order valence-electron chi connectivity index (χ2n) is 3.58. The summed E-state index contributed by atoms with van der Waals surface area (Å²) < 4.78 is 23.5. The summed E-state index contributed by atoms with van der Waals surface area (Å²) in [5, 5.41) is 0. The highest BCUT2D eigenvalue weighted by atomic mass is 19.1. The summed E-state index contributed by atoms with van der Waals surface area (Å²) >= 11 is 0. The minimum absolute atomic E-state index is 0.0349. The Bertz CT molecular complexity index is 388. The van der Waals surface area contributed by atoms with Crippen LogP contribution in [0.3, 0.4) is 0 Å². The average molecular weight is 226 g/mol. The topological polar surface area (TPSA) is 35.5 Å². The van der Waals surface area contributed by atoms with Gasteiger partial charge in [-0.2, -0.15) is 0 Å². The molecule has 0 aliphatic carbocycles. The molecule has 0 spiro atoms. The maximum absolute atomic E-state index is 13.6. The molecule has 0 radical (unpaired) electrons. The molecule has 0 aliphatic heterocycles. The van der Waals surface area contributed by atoms with Gasteiger partial charge in [-0.1, -0.05) is 0 Å². The minimum Gasteiger partial charge on any atom is -0.493 e. The summed E-state index contributed by atoms with van der Waals surface area (Å²) in [7, 11) is 2.92. The van der Waals surface area contributed by atoms with Crippen LogP contribution in [0.5, 0.6) is 5.75 Å². The Labute approximate surface area is 94.2 Å². The van der Waals surface area contributed by atoms with E-state index in [0.29, 0.717) is 17.7 Å². The number of hydrogen-bond acceptors (Lipinski definition) is 3. The third kappa shape index (κ3) is 3.03. The fourth-order valence-corrected chi connectivity index (χ4v) is 1.59. The van der Waals surface area contributed by atoms with Crippen LogP contribution in [0, 0.1) is 5.82 Å². The van der Waals surface area contributed by atoms with E-state index in [9.17, 15) is 9.18 Å². The number of ketones is 1. The Hall–Kier alpha value is -1.42. The molecule has 16 heavy (non-hydrogen) atoms. The quantitative estimate of drug-likeness (QED) is 0.771. The third-order valence-electron chi connectivity index (χ3n) is 2.13. The number of carbonyl (C=O) groups is 1. The summed E-state index contributed by atoms with van der Waals surface area (Å²) in [6.07, 6.45) is 0.164. The van der Waals surface area contributed by atoms with Crippen molar-refractivity contribution in [2.75, 3.05) is 14.2 Å². The Morgan fingerprint density at radius 3 is 2.56 bits per heavy atom. The van der Waals surface area contributed by atoms with Crippen LogP contribution < -0.4 is 4.74 Å². The molecule has 0 N–H and O–H groups in total. The lowest BCUT2D eigenvalue weighted by Gasteiger charge is -2.10. The van der Waals surface area contributed by atoms with Gasteiger partial charge in [0.05, 0.1) is 13.7 Å². The van der Waals surface area contributed by atoms with Crippen molar-refractivity contribution >= 4 is 5.78 Å². The molecule has 0 heterocycles. The fourth-order valence-electron chi connectivity index (χ4n) is 1.59. The number of halogens is 1. The molecule has 0 aromatic heterocycles. The predicted molar refractivity (Wildman–Crippen MR) is 58.1 cm³/mol. The number of methoxy groups -OCH3 is 2. The van der Waals surface area contributed by atoms with Gasteiger partial charge in [0.2, 0.25) is 0 Å². The molecule has 88 valence electrons. The molecule has 1 aromatic rings. The van der Waals surface area contributed by atoms with Crippen LogP contribution in [0.2, 0.25) is 0 Å². The summed E-state index contributed by atoms with van der Waals surface area (Å²) in [6.45, 7) is 1.77. The average Bonchev–Trinajstić information content (AvgIpc) is 2.16. The first-order valence-corrected chi connectivity index (χ1v) is 4.92. The van der Waals surface area contributed by atoms with E-state index in [2.05, 4.69) is 0 Å². The van der Waals surface area contributed by atoms with Crippen LogP contribution >= 0.6 is 0 Å². The minimum atomic E-state index is -0.465. The summed E-state index contributed by atoms with van der Waals surface area (Å²) in [5.41, 5.74) is 1.25. The van der Waals surface area contributed by atoms with Gasteiger partial charge < -0.3 is 9.47 Å². The number of Topliss-reactive ketones (excluding diaryl/α,β-unsaturated/α-hetero) is 1. The van der Waals surface area contributed by atoms with Crippen LogP contribution in [-0.2, 0) is 22.6 Å². The highest BCUT2D eigenvalue weighted by Gasteiger charge is 2.13. The van der Waals surface area contributed by atoms with Gasteiger partial charge in [-0.3, -0.25) is 4.79 Å². The van der Waals surface area contributed by atoms with E-state index in [0.717, 1.165) is 0 Å². The number of ether oxygens (including phenoxy) is 2. The zero-order valence-corrected chi connectivity index (χ0v) is 9.67. The van der Waals surface area contributed by atoms with Crippen LogP contribution in [-0.4, -0.2) is 20.0 Å². The summed E-state index contributed by atoms with van der Waals surface area (Å²) in [5.74, 6) is -0.365. The predicted octanol–water partition coefficient (Wildman–Crippen LogP) is 2.11. The van der Waals surface area contributed by atoms with Crippen LogP contribution in [0.25, 0.3) is 0 Å². The molecule has 4 heteroatoms. The molecule has 1 aromatic carbocycles. The number of hydrogen-bond donors (Lipinski definition) is 0. The van der Waals surface area contributed by atoms with E-state index in [1.807, 2.05) is 0 Å². The van der Waals surface area contributed by atoms with Crippen LogP contribution in [0.15, 0.2) is 12.1 Å². The van der Waals surface area contributed by atoms with Gasteiger partial charge in [0.1, 0.15) is 5.78 Å². The van der Waals surface area contributed by atoms with Crippen molar-refractivity contribution in [2.24, 2.45) is 0 Å². The fraction of sp³-hybridized carbons (Fsp3) is 0.417. The molecule has 0 bridgehead atoms. The van der Waals surface area contributed by atoms with Crippen molar-refractivity contribution in [3.05, 3.63) is 29.1 Å². The van der Waals surface area contributed by atoms with E-state index in [-0.39, 0.29) is 18.0 Å².